The Morgan fingerprint density at radius 2 is 2.03 bits per heavy atom. The van der Waals surface area contributed by atoms with Gasteiger partial charge in [-0.3, -0.25) is 18.7 Å². The highest BCUT2D eigenvalue weighted by Crippen LogP contribution is 2.42. The zero-order chi connectivity index (χ0) is 20.7. The average Bonchev–Trinajstić information content (AvgIpc) is 3.25. The Balaban J connectivity index is 1.51. The van der Waals surface area contributed by atoms with Crippen LogP contribution in [0.25, 0.3) is 21.6 Å². The molecule has 3 heterocycles. The van der Waals surface area contributed by atoms with E-state index in [-0.39, 0.29) is 12.1 Å². The summed E-state index contributed by atoms with van der Waals surface area (Å²) in [6, 6.07) is 11.5. The lowest BCUT2D eigenvalue weighted by molar-refractivity contribution is -0.118. The van der Waals surface area contributed by atoms with Crippen molar-refractivity contribution in [3.8, 4) is 10.7 Å². The van der Waals surface area contributed by atoms with Gasteiger partial charge in [0.1, 0.15) is 12.4 Å². The maximum Gasteiger partial charge on any atom is 0.261 e. The van der Waals surface area contributed by atoms with Crippen molar-refractivity contribution < 1.29 is 4.79 Å². The second-order valence-corrected chi connectivity index (χ2v) is 8.97. The van der Waals surface area contributed by atoms with Gasteiger partial charge in [-0.15, -0.1) is 21.5 Å². The molecule has 3 aromatic heterocycles. The number of amides is 1. The minimum absolute atomic E-state index is 0.206. The molecule has 0 atom stereocenters. The molecular weight excluding hydrogens is 420 g/mol. The summed E-state index contributed by atoms with van der Waals surface area (Å²) in [4.78, 5) is 30.2. The molecule has 0 unspecified atom stereocenters. The fraction of sp³-hybridized carbons (Fsp3) is 0.250. The molecule has 2 N–H and O–H groups in total. The molecule has 0 aliphatic heterocycles. The number of carbonyl (C=O) groups is 1. The number of benzene rings is 1. The highest BCUT2D eigenvalue weighted by atomic mass is 32.2. The molecule has 1 saturated carbocycles. The molecule has 0 radical (unpaired) electrons. The van der Waals surface area contributed by atoms with Crippen molar-refractivity contribution in [3.05, 3.63) is 58.0 Å². The summed E-state index contributed by atoms with van der Waals surface area (Å²) < 4.78 is 3.53. The second-order valence-electron chi connectivity index (χ2n) is 7.08. The number of carbonyl (C=O) groups excluding carboxylic acids is 1. The SMILES string of the molecule is NC(=O)Cn1c(CSc2nnc(-c3cccs3)n2C2CC2)nc2ccccc2c1=O. The summed E-state index contributed by atoms with van der Waals surface area (Å²) in [5.74, 6) is 1.16. The summed E-state index contributed by atoms with van der Waals surface area (Å²) in [6.45, 7) is -0.206. The zero-order valence-corrected chi connectivity index (χ0v) is 17.5. The molecule has 4 aromatic rings. The summed E-state index contributed by atoms with van der Waals surface area (Å²) in [5.41, 5.74) is 5.72. The third kappa shape index (κ3) is 3.52. The lowest BCUT2D eigenvalue weighted by Gasteiger charge is -2.12. The van der Waals surface area contributed by atoms with Crippen LogP contribution in [0.2, 0.25) is 0 Å². The van der Waals surface area contributed by atoms with E-state index in [1.165, 1.54) is 16.3 Å². The van der Waals surface area contributed by atoms with E-state index in [9.17, 15) is 9.59 Å². The molecule has 0 spiro atoms. The Hall–Kier alpha value is -2.98. The van der Waals surface area contributed by atoms with Crippen LogP contribution in [0, 0.1) is 0 Å². The van der Waals surface area contributed by atoms with Gasteiger partial charge in [0.05, 0.1) is 21.5 Å². The van der Waals surface area contributed by atoms with E-state index in [0.29, 0.717) is 28.5 Å². The standard InChI is InChI=1S/C20H18N6O2S2/c21-16(27)10-25-17(22-14-5-2-1-4-13(14)19(25)28)11-30-20-24-23-18(15-6-3-9-29-15)26(20)12-7-8-12/h1-6,9,12H,7-8,10-11H2,(H2,21,27). The number of rotatable bonds is 7. The molecule has 1 aliphatic carbocycles. The number of nitrogens with zero attached hydrogens (tertiary/aromatic N) is 5. The number of thiophene rings is 1. The van der Waals surface area contributed by atoms with Crippen molar-refractivity contribution in [1.82, 2.24) is 24.3 Å². The van der Waals surface area contributed by atoms with E-state index < -0.39 is 5.91 Å². The van der Waals surface area contributed by atoms with Gasteiger partial charge >= 0.3 is 0 Å². The first kappa shape index (κ1) is 19.0. The van der Waals surface area contributed by atoms with Crippen LogP contribution >= 0.6 is 23.1 Å². The number of primary amides is 1. The summed E-state index contributed by atoms with van der Waals surface area (Å²) in [5, 5.41) is 12.1. The Labute approximate surface area is 179 Å². The molecular formula is C20H18N6O2S2. The number of aromatic nitrogens is 5. The van der Waals surface area contributed by atoms with Gasteiger partial charge in [-0.25, -0.2) is 4.98 Å². The van der Waals surface area contributed by atoms with Gasteiger partial charge in [0.2, 0.25) is 5.91 Å². The van der Waals surface area contributed by atoms with E-state index in [1.807, 2.05) is 23.6 Å². The van der Waals surface area contributed by atoms with Crippen LogP contribution < -0.4 is 11.3 Å². The van der Waals surface area contributed by atoms with Crippen LogP contribution in [0.5, 0.6) is 0 Å². The normalized spacial score (nSPS) is 13.7. The predicted octanol–water partition coefficient (Wildman–Crippen LogP) is 2.83. The van der Waals surface area contributed by atoms with Crippen LogP contribution in [-0.4, -0.2) is 30.2 Å². The molecule has 8 nitrogen and oxygen atoms in total. The number of hydrogen-bond donors (Lipinski definition) is 1. The van der Waals surface area contributed by atoms with Crippen molar-refractivity contribution in [1.29, 1.82) is 0 Å². The Kier molecular flexibility index (Phi) is 4.87. The van der Waals surface area contributed by atoms with Crippen LogP contribution in [-0.2, 0) is 17.1 Å². The van der Waals surface area contributed by atoms with Gasteiger partial charge in [-0.05, 0) is 36.4 Å². The third-order valence-electron chi connectivity index (χ3n) is 4.90. The topological polar surface area (TPSA) is 109 Å². The monoisotopic (exact) mass is 438 g/mol. The molecule has 1 fully saturated rings. The fourth-order valence-electron chi connectivity index (χ4n) is 3.38. The molecule has 1 aromatic carbocycles. The maximum absolute atomic E-state index is 12.9. The van der Waals surface area contributed by atoms with Crippen LogP contribution in [0.3, 0.4) is 0 Å². The Morgan fingerprint density at radius 3 is 2.77 bits per heavy atom. The lowest BCUT2D eigenvalue weighted by atomic mass is 10.2. The molecule has 152 valence electrons. The van der Waals surface area contributed by atoms with Crippen molar-refractivity contribution >= 4 is 39.9 Å². The minimum Gasteiger partial charge on any atom is -0.368 e. The first-order chi connectivity index (χ1) is 14.6. The smallest absolute Gasteiger partial charge is 0.261 e. The van der Waals surface area contributed by atoms with E-state index in [1.54, 1.807) is 29.5 Å². The van der Waals surface area contributed by atoms with Gasteiger partial charge in [0.15, 0.2) is 11.0 Å². The van der Waals surface area contributed by atoms with Crippen molar-refractivity contribution in [2.75, 3.05) is 0 Å². The summed E-state index contributed by atoms with van der Waals surface area (Å²) in [6.07, 6.45) is 2.20. The summed E-state index contributed by atoms with van der Waals surface area (Å²) >= 11 is 3.10. The number of para-hydroxylation sites is 1. The largest absolute Gasteiger partial charge is 0.368 e. The van der Waals surface area contributed by atoms with Crippen molar-refractivity contribution in [3.63, 3.8) is 0 Å². The van der Waals surface area contributed by atoms with E-state index in [4.69, 9.17) is 5.73 Å². The summed E-state index contributed by atoms with van der Waals surface area (Å²) in [7, 11) is 0. The van der Waals surface area contributed by atoms with E-state index >= 15 is 0 Å². The van der Waals surface area contributed by atoms with Crippen molar-refractivity contribution in [2.24, 2.45) is 5.73 Å². The van der Waals surface area contributed by atoms with Crippen LogP contribution in [0.4, 0.5) is 0 Å². The number of fused-ring (bicyclic) bond motifs is 1. The van der Waals surface area contributed by atoms with Gasteiger partial charge in [-0.2, -0.15) is 0 Å². The highest BCUT2D eigenvalue weighted by molar-refractivity contribution is 7.98. The lowest BCUT2D eigenvalue weighted by Crippen LogP contribution is -2.31. The number of nitrogens with two attached hydrogens (primary N) is 1. The molecule has 10 heteroatoms. The zero-order valence-electron chi connectivity index (χ0n) is 15.9. The Morgan fingerprint density at radius 1 is 1.20 bits per heavy atom. The van der Waals surface area contributed by atoms with Gasteiger partial charge < -0.3 is 5.73 Å². The first-order valence-electron chi connectivity index (χ1n) is 9.50. The van der Waals surface area contributed by atoms with E-state index in [0.717, 1.165) is 28.7 Å². The predicted molar refractivity (Wildman–Crippen MR) is 116 cm³/mol. The van der Waals surface area contributed by atoms with Gasteiger partial charge in [0.25, 0.3) is 5.56 Å². The third-order valence-corrected chi connectivity index (χ3v) is 6.71. The van der Waals surface area contributed by atoms with Gasteiger partial charge in [-0.1, -0.05) is 30.0 Å². The van der Waals surface area contributed by atoms with Crippen LogP contribution in [0.1, 0.15) is 24.7 Å². The molecule has 1 aliphatic rings. The molecule has 1 amide bonds. The maximum atomic E-state index is 12.9. The second kappa shape index (κ2) is 7.69. The highest BCUT2D eigenvalue weighted by Gasteiger charge is 2.30. The van der Waals surface area contributed by atoms with Gasteiger partial charge in [0, 0.05) is 6.04 Å². The number of hydrogen-bond acceptors (Lipinski definition) is 7. The molecule has 0 saturated heterocycles. The Bertz CT molecular complexity index is 1290. The molecule has 30 heavy (non-hydrogen) atoms. The molecule has 0 bridgehead atoms. The van der Waals surface area contributed by atoms with Crippen LogP contribution in [0.15, 0.2) is 51.7 Å². The quantitative estimate of drug-likeness (QED) is 0.445. The first-order valence-corrected chi connectivity index (χ1v) is 11.4. The molecule has 5 rings (SSSR count). The fourth-order valence-corrected chi connectivity index (χ4v) is 5.04. The minimum atomic E-state index is -0.582. The van der Waals surface area contributed by atoms with E-state index in [2.05, 4.69) is 19.7 Å². The van der Waals surface area contributed by atoms with Crippen molar-refractivity contribution in [2.45, 2.75) is 36.3 Å². The average molecular weight is 439 g/mol. The number of thioether (sulfide) groups is 1.